The third-order valence-corrected chi connectivity index (χ3v) is 4.31. The van der Waals surface area contributed by atoms with Gasteiger partial charge in [0.1, 0.15) is 11.5 Å². The lowest BCUT2D eigenvalue weighted by molar-refractivity contribution is -0.121. The van der Waals surface area contributed by atoms with E-state index in [1.54, 1.807) is 18.6 Å². The van der Waals surface area contributed by atoms with Gasteiger partial charge in [0.25, 0.3) is 0 Å². The summed E-state index contributed by atoms with van der Waals surface area (Å²) < 4.78 is 1.95. The van der Waals surface area contributed by atoms with Crippen LogP contribution in [0.5, 0.6) is 0 Å². The average molecular weight is 372 g/mol. The zero-order chi connectivity index (χ0) is 19.2. The highest BCUT2D eigenvalue weighted by molar-refractivity contribution is 5.78. The van der Waals surface area contributed by atoms with Crippen LogP contribution in [0.25, 0.3) is 16.9 Å². The standard InChI is InChI=1S/C21H20N6O/c28-19(25-14-17-8-4-5-10-23-17)9-11-24-21-20(16-6-2-1-3-7-16)26-18-15-22-12-13-27(18)21/h1-8,10,12-13,15,24H,9,11,14H2,(H,25,28). The van der Waals surface area contributed by atoms with Crippen LogP contribution in [-0.4, -0.2) is 31.8 Å². The fourth-order valence-corrected chi connectivity index (χ4v) is 2.95. The summed E-state index contributed by atoms with van der Waals surface area (Å²) in [6.07, 6.45) is 7.36. The maximum Gasteiger partial charge on any atom is 0.222 e. The maximum atomic E-state index is 12.2. The zero-order valence-electron chi connectivity index (χ0n) is 15.2. The number of nitrogens with zero attached hydrogens (tertiary/aromatic N) is 4. The molecule has 0 radical (unpaired) electrons. The average Bonchev–Trinajstić information content (AvgIpc) is 3.12. The molecule has 0 saturated heterocycles. The molecule has 2 N–H and O–H groups in total. The lowest BCUT2D eigenvalue weighted by atomic mass is 10.1. The minimum absolute atomic E-state index is 0.0325. The number of hydrogen-bond donors (Lipinski definition) is 2. The van der Waals surface area contributed by atoms with Gasteiger partial charge in [-0.1, -0.05) is 36.4 Å². The Labute approximate surface area is 162 Å². The van der Waals surface area contributed by atoms with E-state index in [2.05, 4.69) is 25.6 Å². The van der Waals surface area contributed by atoms with E-state index in [1.165, 1.54) is 0 Å². The predicted molar refractivity (Wildman–Crippen MR) is 108 cm³/mol. The second-order valence-corrected chi connectivity index (χ2v) is 6.25. The fraction of sp³-hybridized carbons (Fsp3) is 0.143. The second-order valence-electron chi connectivity index (χ2n) is 6.25. The summed E-state index contributed by atoms with van der Waals surface area (Å²) in [4.78, 5) is 25.2. The monoisotopic (exact) mass is 372 g/mol. The second kappa shape index (κ2) is 8.30. The van der Waals surface area contributed by atoms with Crippen molar-refractivity contribution in [2.75, 3.05) is 11.9 Å². The molecule has 0 bridgehead atoms. The molecule has 0 fully saturated rings. The summed E-state index contributed by atoms with van der Waals surface area (Å²) in [5.74, 6) is 0.816. The van der Waals surface area contributed by atoms with Crippen molar-refractivity contribution in [1.29, 1.82) is 0 Å². The molecule has 1 aromatic carbocycles. The number of hydrogen-bond acceptors (Lipinski definition) is 5. The van der Waals surface area contributed by atoms with Gasteiger partial charge in [-0.2, -0.15) is 0 Å². The summed E-state index contributed by atoms with van der Waals surface area (Å²) in [6, 6.07) is 15.6. The summed E-state index contributed by atoms with van der Waals surface area (Å²) in [6.45, 7) is 0.917. The summed E-state index contributed by atoms with van der Waals surface area (Å²) >= 11 is 0. The van der Waals surface area contributed by atoms with Crippen molar-refractivity contribution in [1.82, 2.24) is 24.7 Å². The van der Waals surface area contributed by atoms with Gasteiger partial charge in [0.05, 0.1) is 18.4 Å². The Bertz CT molecular complexity index is 1060. The lowest BCUT2D eigenvalue weighted by Crippen LogP contribution is -2.25. The van der Waals surface area contributed by atoms with E-state index in [0.717, 1.165) is 28.4 Å². The minimum atomic E-state index is -0.0325. The molecule has 3 heterocycles. The van der Waals surface area contributed by atoms with E-state index in [-0.39, 0.29) is 5.91 Å². The highest BCUT2D eigenvalue weighted by Gasteiger charge is 2.14. The van der Waals surface area contributed by atoms with Crippen molar-refractivity contribution in [2.45, 2.75) is 13.0 Å². The van der Waals surface area contributed by atoms with Crippen LogP contribution < -0.4 is 10.6 Å². The Balaban J connectivity index is 1.43. The van der Waals surface area contributed by atoms with Crippen molar-refractivity contribution in [3.05, 3.63) is 79.0 Å². The number of anilines is 1. The first-order chi connectivity index (χ1) is 13.8. The fourth-order valence-electron chi connectivity index (χ4n) is 2.95. The van der Waals surface area contributed by atoms with Gasteiger partial charge in [-0.3, -0.25) is 19.2 Å². The molecule has 0 aliphatic carbocycles. The molecule has 4 rings (SSSR count). The Hall–Kier alpha value is -3.74. The minimum Gasteiger partial charge on any atom is -0.369 e. The number of aromatic nitrogens is 4. The van der Waals surface area contributed by atoms with Crippen LogP contribution in [0.1, 0.15) is 12.1 Å². The number of carbonyl (C=O) groups excluding carboxylic acids is 1. The van der Waals surface area contributed by atoms with Crippen LogP contribution in [0.4, 0.5) is 5.82 Å². The van der Waals surface area contributed by atoms with Gasteiger partial charge >= 0.3 is 0 Å². The van der Waals surface area contributed by atoms with E-state index < -0.39 is 0 Å². The van der Waals surface area contributed by atoms with E-state index >= 15 is 0 Å². The Morgan fingerprint density at radius 2 is 1.89 bits per heavy atom. The molecule has 7 nitrogen and oxygen atoms in total. The molecule has 28 heavy (non-hydrogen) atoms. The van der Waals surface area contributed by atoms with Crippen LogP contribution >= 0.6 is 0 Å². The SMILES string of the molecule is O=C(CCNc1c(-c2ccccc2)nc2cnccn12)NCc1ccccn1. The van der Waals surface area contributed by atoms with E-state index in [0.29, 0.717) is 19.5 Å². The molecule has 1 amide bonds. The maximum absolute atomic E-state index is 12.2. The third-order valence-electron chi connectivity index (χ3n) is 4.31. The molecule has 140 valence electrons. The van der Waals surface area contributed by atoms with Crippen LogP contribution in [0.3, 0.4) is 0 Å². The summed E-state index contributed by atoms with van der Waals surface area (Å²) in [5.41, 5.74) is 3.43. The van der Waals surface area contributed by atoms with Crippen LogP contribution in [0, 0.1) is 0 Å². The Morgan fingerprint density at radius 1 is 1.04 bits per heavy atom. The number of fused-ring (bicyclic) bond motifs is 1. The number of pyridine rings is 1. The van der Waals surface area contributed by atoms with E-state index in [4.69, 9.17) is 0 Å². The van der Waals surface area contributed by atoms with Crippen molar-refractivity contribution >= 4 is 17.4 Å². The van der Waals surface area contributed by atoms with Gasteiger partial charge in [-0.25, -0.2) is 4.98 Å². The van der Waals surface area contributed by atoms with Crippen molar-refractivity contribution in [3.63, 3.8) is 0 Å². The summed E-state index contributed by atoms with van der Waals surface area (Å²) in [7, 11) is 0. The predicted octanol–water partition coefficient (Wildman–Crippen LogP) is 2.91. The van der Waals surface area contributed by atoms with E-state index in [9.17, 15) is 4.79 Å². The van der Waals surface area contributed by atoms with Gasteiger partial charge in [-0.05, 0) is 12.1 Å². The summed E-state index contributed by atoms with van der Waals surface area (Å²) in [5, 5.41) is 6.25. The van der Waals surface area contributed by atoms with Gasteiger partial charge in [0.15, 0.2) is 5.65 Å². The number of nitrogens with one attached hydrogen (secondary N) is 2. The number of amides is 1. The van der Waals surface area contributed by atoms with Crippen LogP contribution in [0.15, 0.2) is 73.3 Å². The number of benzene rings is 1. The molecular formula is C21H20N6O. The molecule has 0 aliphatic heterocycles. The Kier molecular flexibility index (Phi) is 5.24. The van der Waals surface area contributed by atoms with Gasteiger partial charge < -0.3 is 10.6 Å². The highest BCUT2D eigenvalue weighted by Crippen LogP contribution is 2.28. The molecule has 0 saturated carbocycles. The first kappa shape index (κ1) is 17.7. The van der Waals surface area contributed by atoms with Crippen molar-refractivity contribution in [2.24, 2.45) is 0 Å². The molecule has 3 aromatic heterocycles. The molecule has 0 spiro atoms. The zero-order valence-corrected chi connectivity index (χ0v) is 15.2. The smallest absolute Gasteiger partial charge is 0.222 e. The molecule has 0 aliphatic rings. The molecule has 7 heteroatoms. The number of carbonyl (C=O) groups is 1. The van der Waals surface area contributed by atoms with Gasteiger partial charge in [0, 0.05) is 37.1 Å². The number of rotatable bonds is 7. The third kappa shape index (κ3) is 3.98. The molecule has 0 unspecified atom stereocenters. The van der Waals surface area contributed by atoms with Crippen LogP contribution in [0.2, 0.25) is 0 Å². The normalized spacial score (nSPS) is 10.7. The topological polar surface area (TPSA) is 84.2 Å². The molecule has 0 atom stereocenters. The first-order valence-corrected chi connectivity index (χ1v) is 9.09. The molecule has 4 aromatic rings. The van der Waals surface area contributed by atoms with Gasteiger partial charge in [0.2, 0.25) is 5.91 Å². The van der Waals surface area contributed by atoms with Crippen molar-refractivity contribution < 1.29 is 4.79 Å². The van der Waals surface area contributed by atoms with Gasteiger partial charge in [-0.15, -0.1) is 0 Å². The molecular weight excluding hydrogens is 352 g/mol. The highest BCUT2D eigenvalue weighted by atomic mass is 16.1. The quantitative estimate of drug-likeness (QED) is 0.521. The number of imidazole rings is 1. The largest absolute Gasteiger partial charge is 0.369 e. The Morgan fingerprint density at radius 3 is 2.71 bits per heavy atom. The first-order valence-electron chi connectivity index (χ1n) is 9.09. The van der Waals surface area contributed by atoms with E-state index in [1.807, 2.05) is 59.1 Å². The van der Waals surface area contributed by atoms with Crippen molar-refractivity contribution in [3.8, 4) is 11.3 Å². The lowest BCUT2D eigenvalue weighted by Gasteiger charge is -2.09. The van der Waals surface area contributed by atoms with Crippen LogP contribution in [-0.2, 0) is 11.3 Å².